The van der Waals surface area contributed by atoms with Gasteiger partial charge in [0.2, 0.25) is 5.91 Å². The Kier molecular flexibility index (Phi) is 4.73. The van der Waals surface area contributed by atoms with Gasteiger partial charge in [0.1, 0.15) is 5.54 Å². The first-order chi connectivity index (χ1) is 8.36. The lowest BCUT2D eigenvalue weighted by Crippen LogP contribution is -2.57. The van der Waals surface area contributed by atoms with Gasteiger partial charge in [0.15, 0.2) is 0 Å². The number of likely N-dealkylation sites (tertiary alicyclic amines) is 1. The highest BCUT2D eigenvalue weighted by molar-refractivity contribution is 5.84. The van der Waals surface area contributed by atoms with Crippen LogP contribution in [0, 0.1) is 0 Å². The predicted octanol–water partition coefficient (Wildman–Crippen LogP) is 1.18. The Balaban J connectivity index is 2.98. The van der Waals surface area contributed by atoms with Crippen LogP contribution in [0.2, 0.25) is 0 Å². The van der Waals surface area contributed by atoms with Crippen molar-refractivity contribution in [3.8, 4) is 0 Å². The van der Waals surface area contributed by atoms with Crippen molar-refractivity contribution in [2.24, 2.45) is 0 Å². The van der Waals surface area contributed by atoms with Gasteiger partial charge in [-0.05, 0) is 26.2 Å². The summed E-state index contributed by atoms with van der Waals surface area (Å²) in [6.07, 6.45) is 2.90. The third-order valence-electron chi connectivity index (χ3n) is 3.87. The van der Waals surface area contributed by atoms with Crippen LogP contribution >= 0.6 is 0 Å². The molecule has 1 fully saturated rings. The molecule has 1 aliphatic heterocycles. The molecule has 2 unspecified atom stereocenters. The molecule has 5 heteroatoms. The summed E-state index contributed by atoms with van der Waals surface area (Å²) < 4.78 is 0. The average molecular weight is 256 g/mol. The molecule has 5 nitrogen and oxygen atoms in total. The summed E-state index contributed by atoms with van der Waals surface area (Å²) >= 11 is 0. The molecule has 0 aliphatic carbocycles. The summed E-state index contributed by atoms with van der Waals surface area (Å²) in [6.45, 7) is 4.48. The van der Waals surface area contributed by atoms with Crippen LogP contribution in [-0.2, 0) is 9.59 Å². The third-order valence-corrected chi connectivity index (χ3v) is 3.87. The van der Waals surface area contributed by atoms with Crippen LogP contribution in [-0.4, -0.2) is 59.0 Å². The number of aliphatic carboxylic acids is 1. The van der Waals surface area contributed by atoms with E-state index in [0.717, 1.165) is 12.8 Å². The van der Waals surface area contributed by atoms with Gasteiger partial charge in [-0.1, -0.05) is 13.3 Å². The van der Waals surface area contributed by atoms with E-state index in [1.54, 1.807) is 21.0 Å². The maximum atomic E-state index is 12.0. The van der Waals surface area contributed by atoms with Crippen LogP contribution in [0.1, 0.15) is 39.5 Å². The van der Waals surface area contributed by atoms with E-state index in [9.17, 15) is 14.7 Å². The third kappa shape index (κ3) is 2.51. The summed E-state index contributed by atoms with van der Waals surface area (Å²) in [4.78, 5) is 27.1. The lowest BCUT2D eigenvalue weighted by molar-refractivity contribution is -0.154. The number of carbonyl (C=O) groups excluding carboxylic acids is 1. The van der Waals surface area contributed by atoms with Crippen molar-refractivity contribution in [3.05, 3.63) is 0 Å². The fraction of sp³-hybridized carbons (Fsp3) is 0.846. The molecule has 1 aliphatic rings. The molecule has 1 heterocycles. The van der Waals surface area contributed by atoms with E-state index in [1.807, 2.05) is 11.8 Å². The summed E-state index contributed by atoms with van der Waals surface area (Å²) in [5.74, 6) is -0.820. The Labute approximate surface area is 109 Å². The zero-order chi connectivity index (χ0) is 13.9. The molecule has 1 rings (SSSR count). The second kappa shape index (κ2) is 5.69. The maximum absolute atomic E-state index is 12.0. The SMILES string of the molecule is CCCC1(C(=O)O)CCCN1C(C)C(=O)N(C)C. The van der Waals surface area contributed by atoms with E-state index in [-0.39, 0.29) is 11.9 Å². The minimum atomic E-state index is -0.847. The Hall–Kier alpha value is -1.10. The number of amides is 1. The number of hydrogen-bond donors (Lipinski definition) is 1. The van der Waals surface area contributed by atoms with Gasteiger partial charge in [0, 0.05) is 20.6 Å². The molecular weight excluding hydrogens is 232 g/mol. The van der Waals surface area contributed by atoms with Gasteiger partial charge in [0.05, 0.1) is 6.04 Å². The van der Waals surface area contributed by atoms with Crippen LogP contribution in [0.3, 0.4) is 0 Å². The van der Waals surface area contributed by atoms with Crippen LogP contribution in [0.15, 0.2) is 0 Å². The normalized spacial score (nSPS) is 26.0. The number of carboxylic acids is 1. The van der Waals surface area contributed by atoms with Gasteiger partial charge in [0.25, 0.3) is 0 Å². The lowest BCUT2D eigenvalue weighted by Gasteiger charge is -2.38. The molecule has 0 aromatic carbocycles. The molecule has 1 amide bonds. The molecule has 1 N–H and O–H groups in total. The number of rotatable bonds is 5. The average Bonchev–Trinajstić information content (AvgIpc) is 2.72. The van der Waals surface area contributed by atoms with Gasteiger partial charge >= 0.3 is 5.97 Å². The van der Waals surface area contributed by atoms with Gasteiger partial charge in [-0.25, -0.2) is 0 Å². The van der Waals surface area contributed by atoms with Crippen molar-refractivity contribution in [3.63, 3.8) is 0 Å². The highest BCUT2D eigenvalue weighted by Gasteiger charge is 2.49. The van der Waals surface area contributed by atoms with Crippen molar-refractivity contribution in [2.45, 2.75) is 51.1 Å². The topological polar surface area (TPSA) is 60.9 Å². The van der Waals surface area contributed by atoms with Gasteiger partial charge in [-0.3, -0.25) is 14.5 Å². The van der Waals surface area contributed by atoms with E-state index >= 15 is 0 Å². The fourth-order valence-corrected chi connectivity index (χ4v) is 2.99. The Morgan fingerprint density at radius 1 is 1.44 bits per heavy atom. The van der Waals surface area contributed by atoms with Crippen LogP contribution in [0.4, 0.5) is 0 Å². The summed E-state index contributed by atoms with van der Waals surface area (Å²) in [6, 6.07) is -0.370. The Morgan fingerprint density at radius 3 is 2.50 bits per heavy atom. The zero-order valence-electron chi connectivity index (χ0n) is 11.8. The number of nitrogens with zero attached hydrogens (tertiary/aromatic N) is 2. The number of carbonyl (C=O) groups is 2. The molecule has 0 radical (unpaired) electrons. The second-order valence-corrected chi connectivity index (χ2v) is 5.29. The lowest BCUT2D eigenvalue weighted by atomic mass is 9.89. The summed E-state index contributed by atoms with van der Waals surface area (Å²) in [5.41, 5.74) is -0.847. The standard InChI is InChI=1S/C13H24N2O3/c1-5-7-13(12(17)18)8-6-9-15(13)10(2)11(16)14(3)4/h10H,5-9H2,1-4H3,(H,17,18). The predicted molar refractivity (Wildman–Crippen MR) is 69.4 cm³/mol. The minimum Gasteiger partial charge on any atom is -0.480 e. The van der Waals surface area contributed by atoms with Crippen molar-refractivity contribution in [1.29, 1.82) is 0 Å². The molecule has 104 valence electrons. The van der Waals surface area contributed by atoms with Crippen LogP contribution in [0.5, 0.6) is 0 Å². The smallest absolute Gasteiger partial charge is 0.324 e. The molecule has 18 heavy (non-hydrogen) atoms. The van der Waals surface area contributed by atoms with E-state index in [0.29, 0.717) is 19.4 Å². The zero-order valence-corrected chi connectivity index (χ0v) is 11.8. The summed E-state index contributed by atoms with van der Waals surface area (Å²) in [7, 11) is 3.41. The number of carboxylic acid groups (broad SMARTS) is 1. The molecule has 0 spiro atoms. The van der Waals surface area contributed by atoms with Gasteiger partial charge in [-0.15, -0.1) is 0 Å². The largest absolute Gasteiger partial charge is 0.480 e. The fourth-order valence-electron chi connectivity index (χ4n) is 2.99. The Bertz CT molecular complexity index is 330. The van der Waals surface area contributed by atoms with Crippen molar-refractivity contribution < 1.29 is 14.7 Å². The van der Waals surface area contributed by atoms with E-state index in [1.165, 1.54) is 4.90 Å². The second-order valence-electron chi connectivity index (χ2n) is 5.29. The first kappa shape index (κ1) is 15.0. The van der Waals surface area contributed by atoms with Crippen molar-refractivity contribution >= 4 is 11.9 Å². The van der Waals surface area contributed by atoms with Crippen molar-refractivity contribution in [2.75, 3.05) is 20.6 Å². The van der Waals surface area contributed by atoms with Gasteiger partial charge in [-0.2, -0.15) is 0 Å². The molecule has 0 bridgehead atoms. The molecule has 0 aromatic heterocycles. The van der Waals surface area contributed by atoms with E-state index in [4.69, 9.17) is 0 Å². The first-order valence-electron chi connectivity index (χ1n) is 6.58. The first-order valence-corrected chi connectivity index (χ1v) is 6.58. The number of hydrogen-bond acceptors (Lipinski definition) is 3. The van der Waals surface area contributed by atoms with E-state index in [2.05, 4.69) is 0 Å². The van der Waals surface area contributed by atoms with Gasteiger partial charge < -0.3 is 10.0 Å². The summed E-state index contributed by atoms with van der Waals surface area (Å²) in [5, 5.41) is 9.57. The van der Waals surface area contributed by atoms with Crippen molar-refractivity contribution in [1.82, 2.24) is 9.80 Å². The molecule has 0 aromatic rings. The number of likely N-dealkylation sites (N-methyl/N-ethyl adjacent to an activating group) is 1. The molecule has 2 atom stereocenters. The quantitative estimate of drug-likeness (QED) is 0.802. The molecular formula is C13H24N2O3. The van der Waals surface area contributed by atoms with Crippen LogP contribution in [0.25, 0.3) is 0 Å². The minimum absolute atomic E-state index is 0.0290. The highest BCUT2D eigenvalue weighted by atomic mass is 16.4. The molecule has 0 saturated carbocycles. The van der Waals surface area contributed by atoms with E-state index < -0.39 is 11.5 Å². The molecule has 1 saturated heterocycles. The maximum Gasteiger partial charge on any atom is 0.324 e. The Morgan fingerprint density at radius 2 is 2.06 bits per heavy atom. The monoisotopic (exact) mass is 256 g/mol. The van der Waals surface area contributed by atoms with Crippen LogP contribution < -0.4 is 0 Å². The highest BCUT2D eigenvalue weighted by Crippen LogP contribution is 2.35.